The van der Waals surface area contributed by atoms with Crippen molar-refractivity contribution in [2.75, 3.05) is 25.5 Å². The Kier molecular flexibility index (Phi) is 3.40. The van der Waals surface area contributed by atoms with Crippen LogP contribution in [0.1, 0.15) is 18.5 Å². The maximum absolute atomic E-state index is 11.2. The quantitative estimate of drug-likeness (QED) is 0.759. The largest absolute Gasteiger partial charge is 0.367 e. The van der Waals surface area contributed by atoms with E-state index in [2.05, 4.69) is 27.2 Å². The van der Waals surface area contributed by atoms with Crippen LogP contribution in [0, 0.1) is 11.3 Å². The first kappa shape index (κ1) is 11.6. The standard InChI is InChI=1S/C11H15N5O/c1-16-4-2-8(3-5-16)13-10-6-9(7-12)14-11(17)15-10/h6,8H,2-5H2,1H3,(H2,13,14,15,17). The molecule has 0 spiro atoms. The minimum absolute atomic E-state index is 0.237. The normalized spacial score (nSPS) is 17.6. The molecule has 2 N–H and O–H groups in total. The highest BCUT2D eigenvalue weighted by Crippen LogP contribution is 2.13. The van der Waals surface area contributed by atoms with Gasteiger partial charge in [0.2, 0.25) is 0 Å². The Labute approximate surface area is 99.3 Å². The van der Waals surface area contributed by atoms with Crippen LogP contribution >= 0.6 is 0 Å². The molecule has 0 aliphatic carbocycles. The third-order valence-corrected chi connectivity index (χ3v) is 2.94. The van der Waals surface area contributed by atoms with Crippen LogP contribution in [0.5, 0.6) is 0 Å². The fraction of sp³-hybridized carbons (Fsp3) is 0.545. The summed E-state index contributed by atoms with van der Waals surface area (Å²) in [5.41, 5.74) is -0.250. The Morgan fingerprint density at radius 2 is 2.29 bits per heavy atom. The SMILES string of the molecule is CN1CCC(Nc2cc(C#N)[nH]c(=O)n2)CC1. The van der Waals surface area contributed by atoms with Crippen LogP contribution in [-0.2, 0) is 0 Å². The lowest BCUT2D eigenvalue weighted by Gasteiger charge is -2.29. The molecule has 0 atom stereocenters. The van der Waals surface area contributed by atoms with Gasteiger partial charge in [0.15, 0.2) is 0 Å². The second-order valence-electron chi connectivity index (χ2n) is 4.32. The van der Waals surface area contributed by atoms with Crippen LogP contribution in [0.25, 0.3) is 0 Å². The Bertz CT molecular complexity index is 481. The van der Waals surface area contributed by atoms with E-state index in [-0.39, 0.29) is 5.69 Å². The smallest absolute Gasteiger partial charge is 0.347 e. The summed E-state index contributed by atoms with van der Waals surface area (Å²) in [5, 5.41) is 12.0. The van der Waals surface area contributed by atoms with E-state index in [9.17, 15) is 4.79 Å². The molecule has 6 heteroatoms. The van der Waals surface area contributed by atoms with Crippen molar-refractivity contribution in [1.29, 1.82) is 5.26 Å². The lowest BCUT2D eigenvalue weighted by Crippen LogP contribution is -2.37. The van der Waals surface area contributed by atoms with Gasteiger partial charge < -0.3 is 10.2 Å². The molecular formula is C11H15N5O. The first-order valence-electron chi connectivity index (χ1n) is 5.64. The summed E-state index contributed by atoms with van der Waals surface area (Å²) in [6.45, 7) is 2.07. The van der Waals surface area contributed by atoms with E-state index in [1.807, 2.05) is 6.07 Å². The van der Waals surface area contributed by atoms with Crippen LogP contribution in [0.4, 0.5) is 5.82 Å². The molecular weight excluding hydrogens is 218 g/mol. The summed E-state index contributed by atoms with van der Waals surface area (Å²) in [6, 6.07) is 3.80. The molecule has 1 fully saturated rings. The summed E-state index contributed by atoms with van der Waals surface area (Å²) in [5.74, 6) is 0.486. The van der Waals surface area contributed by atoms with Gasteiger partial charge in [-0.15, -0.1) is 0 Å². The van der Waals surface area contributed by atoms with Gasteiger partial charge in [0.25, 0.3) is 0 Å². The maximum atomic E-state index is 11.2. The van der Waals surface area contributed by atoms with Gasteiger partial charge in [0, 0.05) is 12.1 Å². The van der Waals surface area contributed by atoms with Crippen molar-refractivity contribution < 1.29 is 0 Å². The number of nitrogens with one attached hydrogen (secondary N) is 2. The highest BCUT2D eigenvalue weighted by atomic mass is 16.1. The van der Waals surface area contributed by atoms with Crippen molar-refractivity contribution in [3.05, 3.63) is 22.2 Å². The third-order valence-electron chi connectivity index (χ3n) is 2.94. The molecule has 0 amide bonds. The van der Waals surface area contributed by atoms with Crippen molar-refractivity contribution >= 4 is 5.82 Å². The summed E-state index contributed by atoms with van der Waals surface area (Å²) in [7, 11) is 2.09. The monoisotopic (exact) mass is 233 g/mol. The highest BCUT2D eigenvalue weighted by molar-refractivity contribution is 5.39. The number of hydrogen-bond acceptors (Lipinski definition) is 5. The van der Waals surface area contributed by atoms with E-state index >= 15 is 0 Å². The van der Waals surface area contributed by atoms with Gasteiger partial charge in [0.05, 0.1) is 0 Å². The first-order chi connectivity index (χ1) is 8.17. The van der Waals surface area contributed by atoms with Gasteiger partial charge in [-0.2, -0.15) is 10.2 Å². The highest BCUT2D eigenvalue weighted by Gasteiger charge is 2.16. The summed E-state index contributed by atoms with van der Waals surface area (Å²) >= 11 is 0. The zero-order valence-corrected chi connectivity index (χ0v) is 9.73. The van der Waals surface area contributed by atoms with E-state index in [4.69, 9.17) is 5.26 Å². The maximum Gasteiger partial charge on any atom is 0.347 e. The molecule has 0 bridgehead atoms. The predicted molar refractivity (Wildman–Crippen MR) is 63.7 cm³/mol. The zero-order chi connectivity index (χ0) is 12.3. The summed E-state index contributed by atoms with van der Waals surface area (Å²) in [6.07, 6.45) is 2.04. The molecule has 0 unspecified atom stereocenters. The summed E-state index contributed by atoms with van der Waals surface area (Å²) in [4.78, 5) is 19.6. The van der Waals surface area contributed by atoms with Crippen LogP contribution in [0.2, 0.25) is 0 Å². The number of aromatic nitrogens is 2. The molecule has 2 rings (SSSR count). The molecule has 0 saturated carbocycles. The number of hydrogen-bond donors (Lipinski definition) is 2. The number of H-pyrrole nitrogens is 1. The molecule has 1 aliphatic heterocycles. The molecule has 0 aromatic carbocycles. The van der Waals surface area contributed by atoms with E-state index in [0.29, 0.717) is 11.9 Å². The van der Waals surface area contributed by atoms with E-state index in [0.717, 1.165) is 25.9 Å². The Balaban J connectivity index is 2.06. The fourth-order valence-electron chi connectivity index (χ4n) is 1.95. The van der Waals surface area contributed by atoms with Gasteiger partial charge in [-0.3, -0.25) is 4.98 Å². The van der Waals surface area contributed by atoms with Crippen LogP contribution in [0.3, 0.4) is 0 Å². The lowest BCUT2D eigenvalue weighted by atomic mass is 10.1. The molecule has 1 saturated heterocycles. The van der Waals surface area contributed by atoms with Gasteiger partial charge in [0.1, 0.15) is 17.6 Å². The molecule has 90 valence electrons. The number of anilines is 1. The molecule has 17 heavy (non-hydrogen) atoms. The van der Waals surface area contributed by atoms with Gasteiger partial charge in [-0.05, 0) is 33.0 Å². The minimum atomic E-state index is -0.487. The average molecular weight is 233 g/mol. The number of rotatable bonds is 2. The van der Waals surface area contributed by atoms with Crippen molar-refractivity contribution in [2.24, 2.45) is 0 Å². The van der Waals surface area contributed by atoms with Gasteiger partial charge in [-0.1, -0.05) is 0 Å². The molecule has 2 heterocycles. The van der Waals surface area contributed by atoms with Crippen molar-refractivity contribution in [1.82, 2.24) is 14.9 Å². The number of piperidine rings is 1. The first-order valence-corrected chi connectivity index (χ1v) is 5.64. The average Bonchev–Trinajstić information content (AvgIpc) is 2.31. The Morgan fingerprint density at radius 3 is 2.94 bits per heavy atom. The van der Waals surface area contributed by atoms with Crippen LogP contribution in [-0.4, -0.2) is 41.0 Å². The second kappa shape index (κ2) is 4.97. The third kappa shape index (κ3) is 3.04. The van der Waals surface area contributed by atoms with E-state index in [1.54, 1.807) is 6.07 Å². The topological polar surface area (TPSA) is 84.8 Å². The Hall–Kier alpha value is -1.87. The van der Waals surface area contributed by atoms with Crippen molar-refractivity contribution in [3.63, 3.8) is 0 Å². The van der Waals surface area contributed by atoms with Crippen LogP contribution in [0.15, 0.2) is 10.9 Å². The molecule has 1 aliphatic rings. The van der Waals surface area contributed by atoms with E-state index < -0.39 is 5.69 Å². The lowest BCUT2D eigenvalue weighted by molar-refractivity contribution is 0.263. The predicted octanol–water partition coefficient (Wildman–Crippen LogP) is 0.148. The zero-order valence-electron chi connectivity index (χ0n) is 9.73. The van der Waals surface area contributed by atoms with Gasteiger partial charge >= 0.3 is 5.69 Å². The van der Waals surface area contributed by atoms with Gasteiger partial charge in [-0.25, -0.2) is 4.79 Å². The molecule has 1 aromatic rings. The molecule has 1 aromatic heterocycles. The van der Waals surface area contributed by atoms with Crippen molar-refractivity contribution in [2.45, 2.75) is 18.9 Å². The van der Waals surface area contributed by atoms with E-state index in [1.165, 1.54) is 0 Å². The summed E-state index contributed by atoms with van der Waals surface area (Å²) < 4.78 is 0. The number of likely N-dealkylation sites (tertiary alicyclic amines) is 1. The minimum Gasteiger partial charge on any atom is -0.367 e. The number of nitrogens with zero attached hydrogens (tertiary/aromatic N) is 3. The molecule has 0 radical (unpaired) electrons. The second-order valence-corrected chi connectivity index (χ2v) is 4.32. The Morgan fingerprint density at radius 1 is 1.59 bits per heavy atom. The number of aromatic amines is 1. The molecule has 6 nitrogen and oxygen atoms in total. The number of nitriles is 1. The van der Waals surface area contributed by atoms with Crippen molar-refractivity contribution in [3.8, 4) is 6.07 Å². The fourth-order valence-corrected chi connectivity index (χ4v) is 1.95. The van der Waals surface area contributed by atoms with Crippen LogP contribution < -0.4 is 11.0 Å².